The first kappa shape index (κ1) is 13.7. The van der Waals surface area contributed by atoms with Crippen molar-refractivity contribution in [1.29, 1.82) is 0 Å². The summed E-state index contributed by atoms with van der Waals surface area (Å²) >= 11 is 0. The molecule has 0 spiro atoms. The molecule has 1 fully saturated rings. The first-order valence-corrected chi connectivity index (χ1v) is 7.18. The van der Waals surface area contributed by atoms with Gasteiger partial charge >= 0.3 is 5.97 Å². The molecule has 3 rings (SSSR count). The van der Waals surface area contributed by atoms with Crippen LogP contribution in [0.2, 0.25) is 0 Å². The highest BCUT2D eigenvalue weighted by Crippen LogP contribution is 2.30. The minimum atomic E-state index is -0.956. The summed E-state index contributed by atoms with van der Waals surface area (Å²) in [7, 11) is 0. The van der Waals surface area contributed by atoms with Gasteiger partial charge in [0.05, 0.1) is 6.42 Å². The smallest absolute Gasteiger partial charge is 0.323 e. The highest BCUT2D eigenvalue weighted by Gasteiger charge is 2.28. The zero-order valence-corrected chi connectivity index (χ0v) is 11.7. The first-order chi connectivity index (χ1) is 10.1. The van der Waals surface area contributed by atoms with Gasteiger partial charge in [-0.25, -0.2) is 0 Å². The number of aliphatic carboxylic acids is 1. The minimum Gasteiger partial charge on any atom is -0.480 e. The molecule has 110 valence electrons. The Morgan fingerprint density at radius 3 is 2.76 bits per heavy atom. The molecule has 1 amide bonds. The second-order valence-corrected chi connectivity index (χ2v) is 5.65. The van der Waals surface area contributed by atoms with Gasteiger partial charge in [0.2, 0.25) is 5.91 Å². The van der Waals surface area contributed by atoms with Crippen LogP contribution in [0, 0.1) is 5.92 Å². The fourth-order valence-corrected chi connectivity index (χ4v) is 2.58. The number of benzene rings is 1. The Hall–Kier alpha value is -2.30. The molecular formula is C16H18N2O3. The second kappa shape index (κ2) is 5.60. The highest BCUT2D eigenvalue weighted by atomic mass is 16.4. The molecule has 0 saturated heterocycles. The van der Waals surface area contributed by atoms with Gasteiger partial charge in [0.15, 0.2) is 0 Å². The van der Waals surface area contributed by atoms with Crippen molar-refractivity contribution in [3.63, 3.8) is 0 Å². The number of hydrogen-bond acceptors (Lipinski definition) is 2. The van der Waals surface area contributed by atoms with E-state index in [4.69, 9.17) is 5.11 Å². The number of rotatable bonds is 6. The van der Waals surface area contributed by atoms with Crippen molar-refractivity contribution in [1.82, 2.24) is 9.88 Å². The van der Waals surface area contributed by atoms with E-state index < -0.39 is 5.97 Å². The van der Waals surface area contributed by atoms with Crippen LogP contribution < -0.4 is 0 Å². The Labute approximate surface area is 122 Å². The van der Waals surface area contributed by atoms with Gasteiger partial charge in [-0.05, 0) is 30.4 Å². The molecule has 1 aliphatic carbocycles. The molecule has 2 N–H and O–H groups in total. The molecule has 5 heteroatoms. The van der Waals surface area contributed by atoms with Gasteiger partial charge in [-0.15, -0.1) is 0 Å². The largest absolute Gasteiger partial charge is 0.480 e. The number of fused-ring (bicyclic) bond motifs is 1. The number of carboxylic acids is 1. The fraction of sp³-hybridized carbons (Fsp3) is 0.375. The van der Waals surface area contributed by atoms with E-state index in [0.29, 0.717) is 12.5 Å². The summed E-state index contributed by atoms with van der Waals surface area (Å²) in [5, 5.41) is 9.98. The van der Waals surface area contributed by atoms with Crippen LogP contribution in [-0.4, -0.2) is 40.0 Å². The number of carboxylic acid groups (broad SMARTS) is 1. The predicted octanol–water partition coefficient (Wildman–Crippen LogP) is 2.03. The number of carbonyl (C=O) groups excluding carboxylic acids is 1. The molecule has 5 nitrogen and oxygen atoms in total. The number of hydrogen-bond donors (Lipinski definition) is 2. The summed E-state index contributed by atoms with van der Waals surface area (Å²) in [4.78, 5) is 27.9. The monoisotopic (exact) mass is 286 g/mol. The molecule has 0 aliphatic heterocycles. The van der Waals surface area contributed by atoms with Gasteiger partial charge < -0.3 is 15.0 Å². The summed E-state index contributed by atoms with van der Waals surface area (Å²) in [6.07, 6.45) is 4.26. The molecule has 2 aromatic rings. The molecule has 1 heterocycles. The lowest BCUT2D eigenvalue weighted by Crippen LogP contribution is -2.38. The van der Waals surface area contributed by atoms with Gasteiger partial charge in [0, 0.05) is 23.6 Å². The number of para-hydroxylation sites is 1. The standard InChI is InChI=1S/C16H18N2O3/c19-15(18(10-16(20)21)9-11-5-6-11)7-12-8-17-14-4-2-1-3-13(12)14/h1-4,8,11,17H,5-7,9-10H2,(H,20,21). The zero-order valence-electron chi connectivity index (χ0n) is 11.7. The third-order valence-electron chi connectivity index (χ3n) is 3.87. The van der Waals surface area contributed by atoms with E-state index in [0.717, 1.165) is 29.3 Å². The van der Waals surface area contributed by atoms with Crippen LogP contribution in [0.15, 0.2) is 30.5 Å². The number of carbonyl (C=O) groups is 2. The average Bonchev–Trinajstić information content (AvgIpc) is 3.18. The van der Waals surface area contributed by atoms with Crippen molar-refractivity contribution in [2.45, 2.75) is 19.3 Å². The number of nitrogens with zero attached hydrogens (tertiary/aromatic N) is 1. The molecule has 0 atom stereocenters. The first-order valence-electron chi connectivity index (χ1n) is 7.18. The summed E-state index contributed by atoms with van der Waals surface area (Å²) in [5.74, 6) is -0.590. The molecular weight excluding hydrogens is 268 g/mol. The number of aromatic nitrogens is 1. The van der Waals surface area contributed by atoms with Crippen LogP contribution in [0.4, 0.5) is 0 Å². The van der Waals surface area contributed by atoms with Crippen molar-refractivity contribution in [2.24, 2.45) is 5.92 Å². The molecule has 0 bridgehead atoms. The topological polar surface area (TPSA) is 73.4 Å². The number of nitrogens with one attached hydrogen (secondary N) is 1. The van der Waals surface area contributed by atoms with Gasteiger partial charge in [-0.2, -0.15) is 0 Å². The lowest BCUT2D eigenvalue weighted by Gasteiger charge is -2.20. The quantitative estimate of drug-likeness (QED) is 0.853. The molecule has 1 aromatic heterocycles. The normalized spacial score (nSPS) is 14.3. The van der Waals surface area contributed by atoms with E-state index in [9.17, 15) is 9.59 Å². The summed E-state index contributed by atoms with van der Waals surface area (Å²) in [6.45, 7) is 0.352. The molecule has 1 saturated carbocycles. The fourth-order valence-electron chi connectivity index (χ4n) is 2.58. The van der Waals surface area contributed by atoms with E-state index in [1.165, 1.54) is 4.90 Å². The average molecular weight is 286 g/mol. The van der Waals surface area contributed by atoms with Crippen molar-refractivity contribution in [3.05, 3.63) is 36.0 Å². The number of amides is 1. The third-order valence-corrected chi connectivity index (χ3v) is 3.87. The van der Waals surface area contributed by atoms with E-state index in [-0.39, 0.29) is 18.9 Å². The van der Waals surface area contributed by atoms with Crippen LogP contribution in [-0.2, 0) is 16.0 Å². The van der Waals surface area contributed by atoms with Crippen LogP contribution in [0.3, 0.4) is 0 Å². The Morgan fingerprint density at radius 1 is 1.29 bits per heavy atom. The van der Waals surface area contributed by atoms with Crippen LogP contribution in [0.1, 0.15) is 18.4 Å². The summed E-state index contributed by atoms with van der Waals surface area (Å²) in [6, 6.07) is 7.80. The molecule has 1 aliphatic rings. The van der Waals surface area contributed by atoms with Gasteiger partial charge in [0.25, 0.3) is 0 Å². The van der Waals surface area contributed by atoms with Crippen LogP contribution >= 0.6 is 0 Å². The van der Waals surface area contributed by atoms with E-state index in [1.807, 2.05) is 30.5 Å². The Kier molecular flexibility index (Phi) is 3.64. The van der Waals surface area contributed by atoms with E-state index >= 15 is 0 Å². The number of aromatic amines is 1. The maximum atomic E-state index is 12.4. The van der Waals surface area contributed by atoms with Crippen LogP contribution in [0.25, 0.3) is 10.9 Å². The summed E-state index contributed by atoms with van der Waals surface area (Å²) < 4.78 is 0. The predicted molar refractivity (Wildman–Crippen MR) is 78.9 cm³/mol. The van der Waals surface area contributed by atoms with Crippen molar-refractivity contribution in [3.8, 4) is 0 Å². The summed E-state index contributed by atoms with van der Waals surface area (Å²) in [5.41, 5.74) is 1.91. The SMILES string of the molecule is O=C(O)CN(CC1CC1)C(=O)Cc1c[nH]c2ccccc12. The van der Waals surface area contributed by atoms with Crippen molar-refractivity contribution >= 4 is 22.8 Å². The van der Waals surface area contributed by atoms with Crippen molar-refractivity contribution < 1.29 is 14.7 Å². The molecule has 21 heavy (non-hydrogen) atoms. The molecule has 1 aromatic carbocycles. The van der Waals surface area contributed by atoms with E-state index in [2.05, 4.69) is 4.98 Å². The Balaban J connectivity index is 1.74. The lowest BCUT2D eigenvalue weighted by atomic mass is 10.1. The Bertz CT molecular complexity index is 673. The zero-order chi connectivity index (χ0) is 14.8. The lowest BCUT2D eigenvalue weighted by molar-refractivity contribution is -0.144. The minimum absolute atomic E-state index is 0.117. The molecule has 0 unspecified atom stereocenters. The van der Waals surface area contributed by atoms with Gasteiger partial charge in [0.1, 0.15) is 6.54 Å². The second-order valence-electron chi connectivity index (χ2n) is 5.65. The van der Waals surface area contributed by atoms with Gasteiger partial charge in [-0.1, -0.05) is 18.2 Å². The van der Waals surface area contributed by atoms with Gasteiger partial charge in [-0.3, -0.25) is 9.59 Å². The third kappa shape index (κ3) is 3.24. The van der Waals surface area contributed by atoms with E-state index in [1.54, 1.807) is 0 Å². The Morgan fingerprint density at radius 2 is 2.05 bits per heavy atom. The molecule has 0 radical (unpaired) electrons. The van der Waals surface area contributed by atoms with Crippen molar-refractivity contribution in [2.75, 3.05) is 13.1 Å². The maximum absolute atomic E-state index is 12.4. The van der Waals surface area contributed by atoms with Crippen LogP contribution in [0.5, 0.6) is 0 Å². The maximum Gasteiger partial charge on any atom is 0.323 e. The number of H-pyrrole nitrogens is 1. The highest BCUT2D eigenvalue weighted by molar-refractivity contribution is 5.90.